The first-order valence-corrected chi connectivity index (χ1v) is 9.10. The molecule has 0 bridgehead atoms. The molecule has 3 aromatic rings. The van der Waals surface area contributed by atoms with Gasteiger partial charge in [-0.1, -0.05) is 60.2 Å². The molecule has 0 aliphatic heterocycles. The number of nitrogens with one attached hydrogen (secondary N) is 1. The molecule has 138 valence electrons. The summed E-state index contributed by atoms with van der Waals surface area (Å²) in [6.07, 6.45) is 1.12. The number of carbonyl (C=O) groups is 2. The fourth-order valence-corrected chi connectivity index (χ4v) is 2.83. The van der Waals surface area contributed by atoms with Gasteiger partial charge in [-0.15, -0.1) is 0 Å². The summed E-state index contributed by atoms with van der Waals surface area (Å²) in [6.45, 7) is 2.50. The number of aryl methyl sites for hydroxylation is 2. The van der Waals surface area contributed by atoms with Gasteiger partial charge in [0.15, 0.2) is 0 Å². The van der Waals surface area contributed by atoms with Crippen LogP contribution in [0.1, 0.15) is 27.9 Å². The van der Waals surface area contributed by atoms with Crippen LogP contribution in [0.25, 0.3) is 10.8 Å². The van der Waals surface area contributed by atoms with E-state index in [-0.39, 0.29) is 18.5 Å². The number of rotatable bonds is 7. The number of hydrogen-bond donors (Lipinski definition) is 1. The van der Waals surface area contributed by atoms with E-state index in [4.69, 9.17) is 4.74 Å². The Bertz CT molecular complexity index is 932. The van der Waals surface area contributed by atoms with Gasteiger partial charge in [0, 0.05) is 6.42 Å². The predicted molar refractivity (Wildman–Crippen MR) is 107 cm³/mol. The number of fused-ring (bicyclic) bond motifs is 1. The number of hydrogen-bond acceptors (Lipinski definition) is 3. The highest BCUT2D eigenvalue weighted by atomic mass is 16.5. The SMILES string of the molecule is Cc1ccc(CCC(=O)NCCOC(=O)c2ccc3ccccc3c2)cc1. The molecule has 0 aromatic heterocycles. The zero-order valence-electron chi connectivity index (χ0n) is 15.4. The van der Waals surface area contributed by atoms with E-state index >= 15 is 0 Å². The third-order valence-electron chi connectivity index (χ3n) is 4.40. The van der Waals surface area contributed by atoms with Crippen LogP contribution in [-0.4, -0.2) is 25.0 Å². The number of amides is 1. The van der Waals surface area contributed by atoms with Gasteiger partial charge >= 0.3 is 5.97 Å². The third-order valence-corrected chi connectivity index (χ3v) is 4.40. The molecule has 0 radical (unpaired) electrons. The normalized spacial score (nSPS) is 10.6. The summed E-state index contributed by atoms with van der Waals surface area (Å²) < 4.78 is 5.25. The van der Waals surface area contributed by atoms with Gasteiger partial charge in [-0.3, -0.25) is 4.79 Å². The molecule has 1 amide bonds. The van der Waals surface area contributed by atoms with E-state index in [0.717, 1.165) is 16.3 Å². The number of benzene rings is 3. The lowest BCUT2D eigenvalue weighted by molar-refractivity contribution is -0.121. The summed E-state index contributed by atoms with van der Waals surface area (Å²) in [5.41, 5.74) is 2.86. The highest BCUT2D eigenvalue weighted by Crippen LogP contribution is 2.16. The van der Waals surface area contributed by atoms with E-state index in [1.54, 1.807) is 6.07 Å². The van der Waals surface area contributed by atoms with Gasteiger partial charge in [0.1, 0.15) is 6.61 Å². The standard InChI is InChI=1S/C23H23NO3/c1-17-6-8-18(9-7-17)10-13-22(25)24-14-15-27-23(26)21-12-11-19-4-2-3-5-20(19)16-21/h2-9,11-12,16H,10,13-15H2,1H3,(H,24,25). The molecule has 1 N–H and O–H groups in total. The average molecular weight is 361 g/mol. The third kappa shape index (κ3) is 5.42. The molecule has 4 heteroatoms. The first-order chi connectivity index (χ1) is 13.1. The number of carbonyl (C=O) groups excluding carboxylic acids is 2. The summed E-state index contributed by atoms with van der Waals surface area (Å²) in [4.78, 5) is 24.0. The molecule has 0 spiro atoms. The fraction of sp³-hybridized carbons (Fsp3) is 0.217. The van der Waals surface area contributed by atoms with Crippen molar-refractivity contribution >= 4 is 22.6 Å². The van der Waals surface area contributed by atoms with Crippen molar-refractivity contribution in [1.82, 2.24) is 5.32 Å². The second-order valence-electron chi connectivity index (χ2n) is 6.53. The van der Waals surface area contributed by atoms with Crippen molar-refractivity contribution in [3.05, 3.63) is 83.4 Å². The van der Waals surface area contributed by atoms with Crippen LogP contribution in [0.5, 0.6) is 0 Å². The molecule has 0 aliphatic rings. The molecule has 4 nitrogen and oxygen atoms in total. The molecular weight excluding hydrogens is 338 g/mol. The smallest absolute Gasteiger partial charge is 0.338 e. The second-order valence-corrected chi connectivity index (χ2v) is 6.53. The molecule has 3 rings (SSSR count). The van der Waals surface area contributed by atoms with E-state index in [1.165, 1.54) is 5.56 Å². The van der Waals surface area contributed by atoms with Crippen LogP contribution in [0.2, 0.25) is 0 Å². The van der Waals surface area contributed by atoms with Crippen LogP contribution in [0.15, 0.2) is 66.7 Å². The summed E-state index contributed by atoms with van der Waals surface area (Å²) in [7, 11) is 0. The number of esters is 1. The Labute approximate surface area is 159 Å². The van der Waals surface area contributed by atoms with E-state index in [1.807, 2.05) is 67.6 Å². The van der Waals surface area contributed by atoms with Crippen molar-refractivity contribution in [2.24, 2.45) is 0 Å². The molecule has 0 unspecified atom stereocenters. The minimum atomic E-state index is -0.380. The molecule has 0 fully saturated rings. The van der Waals surface area contributed by atoms with Crippen LogP contribution in [0.4, 0.5) is 0 Å². The maximum Gasteiger partial charge on any atom is 0.338 e. The van der Waals surface area contributed by atoms with E-state index in [0.29, 0.717) is 24.9 Å². The number of ether oxygens (including phenoxy) is 1. The van der Waals surface area contributed by atoms with E-state index in [9.17, 15) is 9.59 Å². The Hall–Kier alpha value is -3.14. The molecule has 27 heavy (non-hydrogen) atoms. The highest BCUT2D eigenvalue weighted by molar-refractivity contribution is 5.95. The van der Waals surface area contributed by atoms with E-state index < -0.39 is 0 Å². The molecule has 0 atom stereocenters. The highest BCUT2D eigenvalue weighted by Gasteiger charge is 2.08. The van der Waals surface area contributed by atoms with Crippen LogP contribution >= 0.6 is 0 Å². The monoisotopic (exact) mass is 361 g/mol. The Kier molecular flexibility index (Phi) is 6.21. The van der Waals surface area contributed by atoms with Gasteiger partial charge in [0.05, 0.1) is 12.1 Å². The Morgan fingerprint density at radius 3 is 2.44 bits per heavy atom. The largest absolute Gasteiger partial charge is 0.460 e. The Morgan fingerprint density at radius 2 is 1.67 bits per heavy atom. The lowest BCUT2D eigenvalue weighted by Gasteiger charge is -2.08. The lowest BCUT2D eigenvalue weighted by Crippen LogP contribution is -2.28. The Morgan fingerprint density at radius 1 is 0.926 bits per heavy atom. The van der Waals surface area contributed by atoms with Crippen molar-refractivity contribution in [2.75, 3.05) is 13.2 Å². The molecule has 0 aliphatic carbocycles. The first kappa shape index (κ1) is 18.6. The van der Waals surface area contributed by atoms with E-state index in [2.05, 4.69) is 5.32 Å². The van der Waals surface area contributed by atoms with Gasteiger partial charge in [0.2, 0.25) is 5.91 Å². The van der Waals surface area contributed by atoms with Gasteiger partial charge in [-0.25, -0.2) is 4.79 Å². The van der Waals surface area contributed by atoms with Crippen molar-refractivity contribution in [2.45, 2.75) is 19.8 Å². The van der Waals surface area contributed by atoms with Crippen LogP contribution < -0.4 is 5.32 Å². The van der Waals surface area contributed by atoms with Gasteiger partial charge in [0.25, 0.3) is 0 Å². The topological polar surface area (TPSA) is 55.4 Å². The molecule has 3 aromatic carbocycles. The Balaban J connectivity index is 1.39. The van der Waals surface area contributed by atoms with Gasteiger partial charge in [-0.05, 0) is 41.8 Å². The van der Waals surface area contributed by atoms with Gasteiger partial charge < -0.3 is 10.1 Å². The van der Waals surface area contributed by atoms with Crippen molar-refractivity contribution in [1.29, 1.82) is 0 Å². The maximum atomic E-state index is 12.1. The van der Waals surface area contributed by atoms with Crippen molar-refractivity contribution < 1.29 is 14.3 Å². The predicted octanol–water partition coefficient (Wildman–Crippen LogP) is 4.05. The summed E-state index contributed by atoms with van der Waals surface area (Å²) in [5, 5.41) is 4.86. The zero-order valence-corrected chi connectivity index (χ0v) is 15.4. The van der Waals surface area contributed by atoms with Crippen molar-refractivity contribution in [3.8, 4) is 0 Å². The summed E-state index contributed by atoms with van der Waals surface area (Å²) in [6, 6.07) is 21.5. The molecule has 0 heterocycles. The first-order valence-electron chi connectivity index (χ1n) is 9.10. The molecule has 0 saturated heterocycles. The average Bonchev–Trinajstić information content (AvgIpc) is 2.70. The van der Waals surface area contributed by atoms with Gasteiger partial charge in [-0.2, -0.15) is 0 Å². The van der Waals surface area contributed by atoms with Crippen LogP contribution in [0.3, 0.4) is 0 Å². The summed E-state index contributed by atoms with van der Waals surface area (Å²) >= 11 is 0. The molecule has 0 saturated carbocycles. The maximum absolute atomic E-state index is 12.1. The summed E-state index contributed by atoms with van der Waals surface area (Å²) in [5.74, 6) is -0.424. The minimum Gasteiger partial charge on any atom is -0.460 e. The van der Waals surface area contributed by atoms with Crippen LogP contribution in [-0.2, 0) is 16.0 Å². The quantitative estimate of drug-likeness (QED) is 0.510. The molecular formula is C23H23NO3. The second kappa shape index (κ2) is 8.99. The minimum absolute atomic E-state index is 0.0441. The van der Waals surface area contributed by atoms with Crippen LogP contribution in [0, 0.1) is 6.92 Å². The lowest BCUT2D eigenvalue weighted by atomic mass is 10.1. The zero-order chi connectivity index (χ0) is 19.1. The van der Waals surface area contributed by atoms with Crippen molar-refractivity contribution in [3.63, 3.8) is 0 Å². The fourth-order valence-electron chi connectivity index (χ4n) is 2.83.